The number of nitrogens with zero attached hydrogens (tertiary/aromatic N) is 3. The van der Waals surface area contributed by atoms with E-state index < -0.39 is 0 Å². The summed E-state index contributed by atoms with van der Waals surface area (Å²) in [4.78, 5) is 4.30. The van der Waals surface area contributed by atoms with Crippen LogP contribution in [0.3, 0.4) is 0 Å². The summed E-state index contributed by atoms with van der Waals surface area (Å²) in [6.45, 7) is 3.79. The van der Waals surface area contributed by atoms with Crippen LogP contribution < -0.4 is 10.5 Å². The molecule has 5 heteroatoms. The van der Waals surface area contributed by atoms with E-state index in [1.165, 1.54) is 0 Å². The number of nitrogen functional groups attached to an aromatic ring is 1. The van der Waals surface area contributed by atoms with Crippen LogP contribution in [0.2, 0.25) is 0 Å². The van der Waals surface area contributed by atoms with Gasteiger partial charge in [0.1, 0.15) is 0 Å². The van der Waals surface area contributed by atoms with Crippen LogP contribution in [0.4, 0.5) is 5.69 Å². The molecule has 0 saturated carbocycles. The topological polar surface area (TPSA) is 66.0 Å². The van der Waals surface area contributed by atoms with Gasteiger partial charge in [-0.1, -0.05) is 6.07 Å². The SMILES string of the molecule is COc1cccc(-n2nc(C)c(N)c2C)n1. The minimum absolute atomic E-state index is 0.559. The van der Waals surface area contributed by atoms with Gasteiger partial charge >= 0.3 is 0 Å². The average Bonchev–Trinajstić information content (AvgIpc) is 2.57. The van der Waals surface area contributed by atoms with Crippen molar-refractivity contribution in [3.8, 4) is 11.7 Å². The molecule has 2 aromatic heterocycles. The molecule has 0 aliphatic rings. The summed E-state index contributed by atoms with van der Waals surface area (Å²) in [7, 11) is 1.58. The summed E-state index contributed by atoms with van der Waals surface area (Å²) >= 11 is 0. The third-order valence-corrected chi connectivity index (χ3v) is 2.48. The molecule has 2 heterocycles. The molecule has 2 N–H and O–H groups in total. The van der Waals surface area contributed by atoms with Gasteiger partial charge in [-0.25, -0.2) is 4.68 Å². The van der Waals surface area contributed by atoms with Gasteiger partial charge < -0.3 is 10.5 Å². The zero-order chi connectivity index (χ0) is 11.7. The quantitative estimate of drug-likeness (QED) is 0.829. The highest BCUT2D eigenvalue weighted by Gasteiger charge is 2.10. The molecule has 0 saturated heterocycles. The Kier molecular flexibility index (Phi) is 2.52. The lowest BCUT2D eigenvalue weighted by Gasteiger charge is -2.05. The first-order chi connectivity index (χ1) is 7.63. The van der Waals surface area contributed by atoms with Crippen molar-refractivity contribution in [3.63, 3.8) is 0 Å². The van der Waals surface area contributed by atoms with Gasteiger partial charge in [0.2, 0.25) is 5.88 Å². The Morgan fingerprint density at radius 1 is 1.31 bits per heavy atom. The van der Waals surface area contributed by atoms with Crippen molar-refractivity contribution in [2.24, 2.45) is 0 Å². The molecule has 84 valence electrons. The third-order valence-electron chi connectivity index (χ3n) is 2.48. The molecule has 0 aliphatic heterocycles. The highest BCUT2D eigenvalue weighted by molar-refractivity contribution is 5.49. The van der Waals surface area contributed by atoms with Crippen molar-refractivity contribution in [3.05, 3.63) is 29.6 Å². The predicted octanol–water partition coefficient (Wildman–Crippen LogP) is 1.47. The molecule has 0 bridgehead atoms. The highest BCUT2D eigenvalue weighted by atomic mass is 16.5. The van der Waals surface area contributed by atoms with Crippen LogP contribution in [0.5, 0.6) is 5.88 Å². The van der Waals surface area contributed by atoms with E-state index in [1.54, 1.807) is 17.9 Å². The van der Waals surface area contributed by atoms with Crippen LogP contribution in [0.15, 0.2) is 18.2 Å². The maximum Gasteiger partial charge on any atom is 0.214 e. The minimum Gasteiger partial charge on any atom is -0.481 e. The lowest BCUT2D eigenvalue weighted by atomic mass is 10.3. The average molecular weight is 218 g/mol. The molecule has 5 nitrogen and oxygen atoms in total. The van der Waals surface area contributed by atoms with Gasteiger partial charge in [0.05, 0.1) is 24.2 Å². The van der Waals surface area contributed by atoms with E-state index in [9.17, 15) is 0 Å². The van der Waals surface area contributed by atoms with Crippen LogP contribution in [0, 0.1) is 13.8 Å². The third kappa shape index (κ3) is 1.60. The molecule has 2 aromatic rings. The molecule has 0 aliphatic carbocycles. The summed E-state index contributed by atoms with van der Waals surface area (Å²) < 4.78 is 6.79. The second-order valence-electron chi connectivity index (χ2n) is 3.53. The summed E-state index contributed by atoms with van der Waals surface area (Å²) in [5.41, 5.74) is 8.26. The summed E-state index contributed by atoms with van der Waals surface area (Å²) in [5, 5.41) is 4.33. The smallest absolute Gasteiger partial charge is 0.214 e. The number of hydrogen-bond acceptors (Lipinski definition) is 4. The predicted molar refractivity (Wildman–Crippen MR) is 61.8 cm³/mol. The first-order valence-electron chi connectivity index (χ1n) is 4.96. The first-order valence-corrected chi connectivity index (χ1v) is 4.96. The molecule has 2 rings (SSSR count). The summed E-state index contributed by atoms with van der Waals surface area (Å²) in [6.07, 6.45) is 0. The number of anilines is 1. The van der Waals surface area contributed by atoms with E-state index in [1.807, 2.05) is 26.0 Å². The maximum atomic E-state index is 5.87. The lowest BCUT2D eigenvalue weighted by molar-refractivity contribution is 0.397. The zero-order valence-corrected chi connectivity index (χ0v) is 9.56. The van der Waals surface area contributed by atoms with Crippen LogP contribution in [-0.2, 0) is 0 Å². The largest absolute Gasteiger partial charge is 0.481 e. The van der Waals surface area contributed by atoms with Crippen LogP contribution in [-0.4, -0.2) is 21.9 Å². The number of hydrogen-bond donors (Lipinski definition) is 1. The van der Waals surface area contributed by atoms with Gasteiger partial charge in [-0.2, -0.15) is 10.1 Å². The van der Waals surface area contributed by atoms with E-state index in [-0.39, 0.29) is 0 Å². The first kappa shape index (κ1) is 10.5. The number of nitrogens with two attached hydrogens (primary N) is 1. The fourth-order valence-corrected chi connectivity index (χ4v) is 1.51. The van der Waals surface area contributed by atoms with E-state index in [0.29, 0.717) is 17.4 Å². The molecule has 0 spiro atoms. The van der Waals surface area contributed by atoms with Crippen molar-refractivity contribution >= 4 is 5.69 Å². The minimum atomic E-state index is 0.559. The normalized spacial score (nSPS) is 10.4. The summed E-state index contributed by atoms with van der Waals surface area (Å²) in [5.74, 6) is 1.26. The zero-order valence-electron chi connectivity index (χ0n) is 9.56. The van der Waals surface area contributed by atoms with Crippen LogP contribution in [0.1, 0.15) is 11.4 Å². The second kappa shape index (κ2) is 3.84. The number of ether oxygens (including phenoxy) is 1. The molecular weight excluding hydrogens is 204 g/mol. The van der Waals surface area contributed by atoms with Crippen molar-refractivity contribution in [2.75, 3.05) is 12.8 Å². The van der Waals surface area contributed by atoms with E-state index in [4.69, 9.17) is 10.5 Å². The van der Waals surface area contributed by atoms with Crippen molar-refractivity contribution in [2.45, 2.75) is 13.8 Å². The Hall–Kier alpha value is -2.04. The van der Waals surface area contributed by atoms with E-state index >= 15 is 0 Å². The van der Waals surface area contributed by atoms with Gasteiger partial charge in [0.25, 0.3) is 0 Å². The molecule has 0 fully saturated rings. The second-order valence-corrected chi connectivity index (χ2v) is 3.53. The molecular formula is C11H14N4O. The Labute approximate surface area is 93.9 Å². The van der Waals surface area contributed by atoms with Crippen LogP contribution >= 0.6 is 0 Å². The Morgan fingerprint density at radius 3 is 2.62 bits per heavy atom. The number of rotatable bonds is 2. The fourth-order valence-electron chi connectivity index (χ4n) is 1.51. The standard InChI is InChI=1S/C11H14N4O/c1-7-11(12)8(2)15(14-7)9-5-4-6-10(13-9)16-3/h4-6H,12H2,1-3H3. The van der Waals surface area contributed by atoms with E-state index in [2.05, 4.69) is 10.1 Å². The molecule has 0 aromatic carbocycles. The molecule has 0 radical (unpaired) electrons. The lowest BCUT2D eigenvalue weighted by Crippen LogP contribution is -2.03. The van der Waals surface area contributed by atoms with Crippen molar-refractivity contribution in [1.29, 1.82) is 0 Å². The van der Waals surface area contributed by atoms with Gasteiger partial charge in [-0.05, 0) is 19.9 Å². The number of aryl methyl sites for hydroxylation is 1. The Balaban J connectivity index is 2.54. The highest BCUT2D eigenvalue weighted by Crippen LogP contribution is 2.19. The maximum absolute atomic E-state index is 5.87. The monoisotopic (exact) mass is 218 g/mol. The summed E-state index contributed by atoms with van der Waals surface area (Å²) in [6, 6.07) is 5.52. The number of aromatic nitrogens is 3. The van der Waals surface area contributed by atoms with Gasteiger partial charge in [0, 0.05) is 6.07 Å². The molecule has 0 amide bonds. The van der Waals surface area contributed by atoms with Crippen LogP contribution in [0.25, 0.3) is 5.82 Å². The van der Waals surface area contributed by atoms with Gasteiger partial charge in [-0.15, -0.1) is 0 Å². The Morgan fingerprint density at radius 2 is 2.06 bits per heavy atom. The Bertz CT molecular complexity index is 519. The van der Waals surface area contributed by atoms with Crippen molar-refractivity contribution < 1.29 is 4.74 Å². The van der Waals surface area contributed by atoms with Gasteiger partial charge in [-0.3, -0.25) is 0 Å². The van der Waals surface area contributed by atoms with Gasteiger partial charge in [0.15, 0.2) is 5.82 Å². The molecule has 0 unspecified atom stereocenters. The van der Waals surface area contributed by atoms with Crippen molar-refractivity contribution in [1.82, 2.24) is 14.8 Å². The number of pyridine rings is 1. The molecule has 0 atom stereocenters. The molecule has 16 heavy (non-hydrogen) atoms. The fraction of sp³-hybridized carbons (Fsp3) is 0.273. The number of methoxy groups -OCH3 is 1. The van der Waals surface area contributed by atoms with E-state index in [0.717, 1.165) is 11.4 Å².